The average Bonchev–Trinajstić information content (AvgIpc) is 0.811. The van der Waals surface area contributed by atoms with Gasteiger partial charge in [0.1, 0.15) is 0 Å². The summed E-state index contributed by atoms with van der Waals surface area (Å²) in [4.78, 5) is 0. The molecule has 1 radical (unpaired) electrons. The van der Waals surface area contributed by atoms with Crippen LogP contribution in [0.1, 0.15) is 0 Å². The summed E-state index contributed by atoms with van der Waals surface area (Å²) < 4.78 is 0. The third-order valence-electron chi connectivity index (χ3n) is 0. The van der Waals surface area contributed by atoms with Crippen molar-refractivity contribution in [3.05, 3.63) is 0 Å². The van der Waals surface area contributed by atoms with Gasteiger partial charge < -0.3 is 15.1 Å². The second-order valence-electron chi connectivity index (χ2n) is 0.289. The molecule has 3 nitrogen and oxygen atoms in total. The summed E-state index contributed by atoms with van der Waals surface area (Å²) in [6.07, 6.45) is 0. The molecule has 0 fully saturated rings. The summed E-state index contributed by atoms with van der Waals surface area (Å²) in [5, 5.41) is 25.2. The maximum atomic E-state index is 8.42. The molecule has 6 heavy (non-hydrogen) atoms. The summed E-state index contributed by atoms with van der Waals surface area (Å²) in [5.74, 6) is 0. The summed E-state index contributed by atoms with van der Waals surface area (Å²) in [6.45, 7) is 0. The average molecular weight is 168 g/mol. The molecule has 0 amide bonds. The Balaban J connectivity index is -0.0000000450. The number of hydrogen-bond donors (Lipinski definition) is 0. The van der Waals surface area contributed by atoms with Gasteiger partial charge in [-0.2, -0.15) is 0 Å². The van der Waals surface area contributed by atoms with E-state index in [1.165, 1.54) is 0 Å². The van der Waals surface area contributed by atoms with E-state index in [-0.39, 0.29) is 35.0 Å². The van der Waals surface area contributed by atoms with E-state index in [9.17, 15) is 0 Å². The summed E-state index contributed by atoms with van der Waals surface area (Å²) in [7, 11) is -2.92. The van der Waals surface area contributed by atoms with Crippen molar-refractivity contribution in [1.29, 1.82) is 0 Å². The van der Waals surface area contributed by atoms with Gasteiger partial charge in [0.2, 0.25) is 0 Å². The van der Waals surface area contributed by atoms with E-state index in [0.29, 0.717) is 0 Å². The topological polar surface area (TPSA) is 69.2 Å². The molecule has 0 aromatic carbocycles. The second-order valence-corrected chi connectivity index (χ2v) is 0.289. The van der Waals surface area contributed by atoms with Crippen LogP contribution in [0, 0.1) is 0 Å². The fourth-order valence-electron chi connectivity index (χ4n) is 0. The van der Waals surface area contributed by atoms with E-state index < -0.39 is 7.32 Å². The Kier molecular flexibility index (Phi) is 24.6. The molecule has 6 heteroatoms. The first-order valence-electron chi connectivity index (χ1n) is 0.707. The molecule has 0 rings (SSSR count). The van der Waals surface area contributed by atoms with Crippen molar-refractivity contribution < 1.29 is 50.1 Å². The van der Waals surface area contributed by atoms with Gasteiger partial charge in [-0.05, 0) is 0 Å². The first-order chi connectivity index (χ1) is 1.73. The Morgan fingerprint density at radius 1 is 1.00 bits per heavy atom. The summed E-state index contributed by atoms with van der Waals surface area (Å²) in [6, 6.07) is 0. The number of hydrogen-bond acceptors (Lipinski definition) is 3. The Hall–Kier alpha value is 1.02. The van der Waals surface area contributed by atoms with Crippen molar-refractivity contribution in [2.75, 3.05) is 0 Å². The van der Waals surface area contributed by atoms with E-state index >= 15 is 0 Å². The minimum Gasteiger partial charge on any atom is -0.907 e. The van der Waals surface area contributed by atoms with Crippen molar-refractivity contribution in [2.24, 2.45) is 0 Å². The van der Waals surface area contributed by atoms with E-state index in [4.69, 9.17) is 15.1 Å². The molecule has 0 aromatic heterocycles. The summed E-state index contributed by atoms with van der Waals surface area (Å²) in [5.41, 5.74) is 0. The monoisotopic (exact) mass is 168 g/mol. The molecule has 0 spiro atoms. The first-order valence-corrected chi connectivity index (χ1v) is 0.707. The predicted octanol–water partition coefficient (Wildman–Crippen LogP) is -3.95. The van der Waals surface area contributed by atoms with Crippen molar-refractivity contribution in [3.8, 4) is 0 Å². The van der Waals surface area contributed by atoms with E-state index in [2.05, 4.69) is 0 Å². The zero-order valence-electron chi connectivity index (χ0n) is 2.57. The fourth-order valence-corrected chi connectivity index (χ4v) is 0. The SMILES string of the molecule is [Ni+2].[O-]B([O-])[O-].[V]. The van der Waals surface area contributed by atoms with Crippen molar-refractivity contribution in [3.63, 3.8) is 0 Å². The minimum absolute atomic E-state index is 0. The molecule has 0 unspecified atom stereocenters. The molecule has 0 atom stereocenters. The van der Waals surface area contributed by atoms with E-state index in [1.54, 1.807) is 0 Å². The Bertz CT molecular complexity index is 15.5. The molecule has 0 aliphatic rings. The molecule has 0 bridgehead atoms. The molecule has 0 saturated heterocycles. The van der Waals surface area contributed by atoms with Crippen LogP contribution in [0.25, 0.3) is 0 Å². The third-order valence-corrected chi connectivity index (χ3v) is 0. The van der Waals surface area contributed by atoms with Gasteiger partial charge >= 0.3 is 16.5 Å². The zero-order chi connectivity index (χ0) is 3.58. The van der Waals surface area contributed by atoms with Crippen LogP contribution < -0.4 is 15.1 Å². The standard InChI is InChI=1S/BO3.Ni.V/c2-1(3)4;;/q-3;+2;. The van der Waals surface area contributed by atoms with Gasteiger partial charge in [-0.3, -0.25) is 7.32 Å². The zero-order valence-corrected chi connectivity index (χ0v) is 4.95. The van der Waals surface area contributed by atoms with Gasteiger partial charge in [0, 0.05) is 18.6 Å². The van der Waals surface area contributed by atoms with Crippen LogP contribution in [-0.2, 0) is 35.0 Å². The molecule has 0 heterocycles. The predicted molar refractivity (Wildman–Crippen MR) is 5.75 cm³/mol. The smallest absolute Gasteiger partial charge is 0.907 e. The molecule has 37 valence electrons. The maximum absolute atomic E-state index is 8.42. The van der Waals surface area contributed by atoms with Gasteiger partial charge in [-0.1, -0.05) is 0 Å². The molecular formula is BNiO3V-. The normalized spacial score (nSPS) is 4.50. The third kappa shape index (κ3) is 77.7. The second kappa shape index (κ2) is 9.39. The maximum Gasteiger partial charge on any atom is 2.00 e. The minimum atomic E-state index is -2.92. The molecule has 0 aliphatic carbocycles. The van der Waals surface area contributed by atoms with Crippen molar-refractivity contribution in [2.45, 2.75) is 0 Å². The van der Waals surface area contributed by atoms with Crippen molar-refractivity contribution >= 4 is 7.32 Å². The molecule has 0 saturated carbocycles. The van der Waals surface area contributed by atoms with Gasteiger partial charge in [0.15, 0.2) is 0 Å². The van der Waals surface area contributed by atoms with Crippen LogP contribution in [0.2, 0.25) is 0 Å². The number of rotatable bonds is 0. The van der Waals surface area contributed by atoms with Gasteiger partial charge in [0.25, 0.3) is 0 Å². The van der Waals surface area contributed by atoms with Crippen LogP contribution in [-0.4, -0.2) is 7.32 Å². The molecule has 0 aromatic rings. The summed E-state index contributed by atoms with van der Waals surface area (Å²) >= 11 is 0. The molecular weight excluding hydrogens is 168 g/mol. The Morgan fingerprint density at radius 2 is 1.00 bits per heavy atom. The van der Waals surface area contributed by atoms with E-state index in [0.717, 1.165) is 0 Å². The quantitative estimate of drug-likeness (QED) is 0.347. The van der Waals surface area contributed by atoms with Crippen molar-refractivity contribution in [1.82, 2.24) is 0 Å². The van der Waals surface area contributed by atoms with Crippen LogP contribution in [0.5, 0.6) is 0 Å². The fraction of sp³-hybridized carbons (Fsp3) is 0. The van der Waals surface area contributed by atoms with Crippen LogP contribution in [0.3, 0.4) is 0 Å². The molecule has 0 aliphatic heterocycles. The van der Waals surface area contributed by atoms with Gasteiger partial charge in [-0.25, -0.2) is 0 Å². The van der Waals surface area contributed by atoms with Crippen LogP contribution >= 0.6 is 0 Å². The van der Waals surface area contributed by atoms with E-state index in [1.807, 2.05) is 0 Å². The Morgan fingerprint density at radius 3 is 1.00 bits per heavy atom. The van der Waals surface area contributed by atoms with Gasteiger partial charge in [-0.15, -0.1) is 0 Å². The Labute approximate surface area is 57.7 Å². The van der Waals surface area contributed by atoms with Gasteiger partial charge in [0.05, 0.1) is 0 Å². The largest absolute Gasteiger partial charge is 2.00 e. The van der Waals surface area contributed by atoms with Crippen LogP contribution in [0.15, 0.2) is 0 Å². The first kappa shape index (κ1) is 15.7. The molecule has 0 N–H and O–H groups in total. The van der Waals surface area contributed by atoms with Crippen LogP contribution in [0.4, 0.5) is 0 Å².